The van der Waals surface area contributed by atoms with Crippen molar-refractivity contribution in [3.05, 3.63) is 29.3 Å². The number of likely N-dealkylation sites (tertiary alicyclic amines) is 1. The van der Waals surface area contributed by atoms with E-state index in [0.717, 1.165) is 24.0 Å². The van der Waals surface area contributed by atoms with Gasteiger partial charge in [0.1, 0.15) is 5.54 Å². The third-order valence-electron chi connectivity index (χ3n) is 5.80. The number of likely N-dealkylation sites (N-methyl/N-ethyl adjacent to an activating group) is 1. The highest BCUT2D eigenvalue weighted by Gasteiger charge is 2.54. The third kappa shape index (κ3) is 2.94. The average Bonchev–Trinajstić information content (AvgIpc) is 3.11. The van der Waals surface area contributed by atoms with Gasteiger partial charge in [-0.2, -0.15) is 0 Å². The molecule has 2 heterocycles. The smallest absolute Gasteiger partial charge is 0.324 e. The Morgan fingerprint density at radius 2 is 1.96 bits per heavy atom. The summed E-state index contributed by atoms with van der Waals surface area (Å²) in [4.78, 5) is 51.4. The van der Waals surface area contributed by atoms with E-state index in [9.17, 15) is 19.2 Å². The summed E-state index contributed by atoms with van der Waals surface area (Å²) < 4.78 is 0. The van der Waals surface area contributed by atoms with Crippen LogP contribution in [0, 0.1) is 0 Å². The van der Waals surface area contributed by atoms with Crippen LogP contribution in [0.2, 0.25) is 0 Å². The summed E-state index contributed by atoms with van der Waals surface area (Å²) in [6.07, 6.45) is 3.20. The summed E-state index contributed by atoms with van der Waals surface area (Å²) in [5.41, 5.74) is 1.70. The molecule has 1 aromatic carbocycles. The maximum absolute atomic E-state index is 12.3. The summed E-state index contributed by atoms with van der Waals surface area (Å²) in [6.45, 7) is 0.675. The molecular formula is C19H22N4O4. The molecule has 1 unspecified atom stereocenters. The van der Waals surface area contributed by atoms with Gasteiger partial charge in [0, 0.05) is 38.5 Å². The number of hydrogen-bond acceptors (Lipinski definition) is 4. The van der Waals surface area contributed by atoms with E-state index in [1.54, 1.807) is 18.0 Å². The minimum atomic E-state index is -0.873. The maximum Gasteiger partial charge on any atom is 0.324 e. The van der Waals surface area contributed by atoms with Crippen molar-refractivity contribution in [2.45, 2.75) is 37.6 Å². The summed E-state index contributed by atoms with van der Waals surface area (Å²) in [7, 11) is 1.63. The van der Waals surface area contributed by atoms with Crippen LogP contribution in [0.3, 0.4) is 0 Å². The van der Waals surface area contributed by atoms with Gasteiger partial charge in [-0.15, -0.1) is 0 Å². The molecule has 2 fully saturated rings. The topological polar surface area (TPSA) is 98.8 Å². The van der Waals surface area contributed by atoms with Crippen molar-refractivity contribution in [3.8, 4) is 0 Å². The van der Waals surface area contributed by atoms with E-state index in [1.165, 1.54) is 4.90 Å². The van der Waals surface area contributed by atoms with Crippen LogP contribution in [0.15, 0.2) is 18.2 Å². The summed E-state index contributed by atoms with van der Waals surface area (Å²) in [6, 6.07) is 5.15. The molecule has 2 saturated heterocycles. The zero-order valence-electron chi connectivity index (χ0n) is 15.2. The van der Waals surface area contributed by atoms with E-state index >= 15 is 0 Å². The van der Waals surface area contributed by atoms with Gasteiger partial charge in [0.05, 0.1) is 6.54 Å². The molecule has 0 radical (unpaired) electrons. The molecule has 0 bridgehead atoms. The van der Waals surface area contributed by atoms with Crippen molar-refractivity contribution < 1.29 is 19.2 Å². The standard InChI is InChI=1S/C19H22N4O4/c1-22-18(27)21-17(26)19(22)9-12-5-6-14(8-13(12)10-19)20-15(24)11-23-7-3-2-4-16(23)25/h5-6,8H,2-4,7,9-11H2,1H3,(H,20,24)(H,21,26,27). The highest BCUT2D eigenvalue weighted by molar-refractivity contribution is 6.07. The lowest BCUT2D eigenvalue weighted by atomic mass is 9.95. The SMILES string of the molecule is CN1C(=O)NC(=O)C12Cc1ccc(NC(=O)CN3CCCCC3=O)cc1C2. The number of rotatable bonds is 3. The van der Waals surface area contributed by atoms with E-state index in [2.05, 4.69) is 10.6 Å². The average molecular weight is 370 g/mol. The van der Waals surface area contributed by atoms with Crippen molar-refractivity contribution in [1.82, 2.24) is 15.1 Å². The van der Waals surface area contributed by atoms with Crippen LogP contribution < -0.4 is 10.6 Å². The Bertz CT molecular complexity index is 852. The number of piperidine rings is 1. The minimum Gasteiger partial charge on any atom is -0.333 e. The van der Waals surface area contributed by atoms with E-state index in [1.807, 2.05) is 12.1 Å². The molecule has 8 heteroatoms. The second-order valence-electron chi connectivity index (χ2n) is 7.51. The molecule has 3 aliphatic rings. The fourth-order valence-corrected chi connectivity index (χ4v) is 4.18. The Morgan fingerprint density at radius 3 is 2.67 bits per heavy atom. The van der Waals surface area contributed by atoms with Crippen LogP contribution in [-0.4, -0.2) is 59.2 Å². The lowest BCUT2D eigenvalue weighted by Crippen LogP contribution is -2.48. The number of nitrogens with one attached hydrogen (secondary N) is 2. The van der Waals surface area contributed by atoms with Crippen molar-refractivity contribution in [2.24, 2.45) is 0 Å². The van der Waals surface area contributed by atoms with Gasteiger partial charge < -0.3 is 15.1 Å². The van der Waals surface area contributed by atoms with Gasteiger partial charge in [-0.25, -0.2) is 4.79 Å². The predicted molar refractivity (Wildman–Crippen MR) is 96.9 cm³/mol. The van der Waals surface area contributed by atoms with Crippen LogP contribution in [0.5, 0.6) is 0 Å². The molecule has 27 heavy (non-hydrogen) atoms. The lowest BCUT2D eigenvalue weighted by Gasteiger charge is -2.27. The molecule has 1 aromatic rings. The molecule has 5 amide bonds. The van der Waals surface area contributed by atoms with Gasteiger partial charge >= 0.3 is 6.03 Å². The molecule has 4 rings (SSSR count). The van der Waals surface area contributed by atoms with Crippen LogP contribution in [-0.2, 0) is 27.2 Å². The number of hydrogen-bond donors (Lipinski definition) is 2. The van der Waals surface area contributed by atoms with E-state index < -0.39 is 5.54 Å². The number of imide groups is 1. The van der Waals surface area contributed by atoms with Crippen molar-refractivity contribution in [2.75, 3.05) is 25.5 Å². The zero-order valence-corrected chi connectivity index (χ0v) is 15.2. The number of amides is 5. The van der Waals surface area contributed by atoms with Gasteiger partial charge in [-0.05, 0) is 36.1 Å². The summed E-state index contributed by atoms with van der Waals surface area (Å²) >= 11 is 0. The predicted octanol–water partition coefficient (Wildman–Crippen LogP) is 0.657. The Balaban J connectivity index is 1.45. The second kappa shape index (κ2) is 6.37. The number of carbonyl (C=O) groups is 4. The quantitative estimate of drug-likeness (QED) is 0.764. The van der Waals surface area contributed by atoms with Gasteiger partial charge in [0.2, 0.25) is 11.8 Å². The lowest BCUT2D eigenvalue weighted by molar-refractivity contribution is -0.136. The number of benzene rings is 1. The molecule has 1 atom stereocenters. The Kier molecular flexibility index (Phi) is 4.13. The van der Waals surface area contributed by atoms with Gasteiger partial charge in [0.25, 0.3) is 5.91 Å². The molecule has 0 saturated carbocycles. The molecular weight excluding hydrogens is 348 g/mol. The Hall–Kier alpha value is -2.90. The fourth-order valence-electron chi connectivity index (χ4n) is 4.18. The highest BCUT2D eigenvalue weighted by atomic mass is 16.2. The molecule has 2 aliphatic heterocycles. The van der Waals surface area contributed by atoms with Crippen LogP contribution in [0.25, 0.3) is 0 Å². The van der Waals surface area contributed by atoms with Gasteiger partial charge in [-0.3, -0.25) is 19.7 Å². The van der Waals surface area contributed by atoms with Crippen LogP contribution in [0.4, 0.5) is 10.5 Å². The van der Waals surface area contributed by atoms with Crippen molar-refractivity contribution >= 4 is 29.4 Å². The minimum absolute atomic E-state index is 0.0206. The number of anilines is 1. The molecule has 0 aromatic heterocycles. The number of nitrogens with zero attached hydrogens (tertiary/aromatic N) is 2. The molecule has 8 nitrogen and oxygen atoms in total. The summed E-state index contributed by atoms with van der Waals surface area (Å²) in [5, 5.41) is 5.21. The molecule has 1 aliphatic carbocycles. The maximum atomic E-state index is 12.3. The first-order valence-corrected chi connectivity index (χ1v) is 9.18. The normalized spacial score (nSPS) is 24.4. The van der Waals surface area contributed by atoms with E-state index in [-0.39, 0.29) is 30.3 Å². The first-order valence-electron chi connectivity index (χ1n) is 9.18. The van der Waals surface area contributed by atoms with Crippen LogP contribution >= 0.6 is 0 Å². The monoisotopic (exact) mass is 370 g/mol. The largest absolute Gasteiger partial charge is 0.333 e. The van der Waals surface area contributed by atoms with Crippen molar-refractivity contribution in [3.63, 3.8) is 0 Å². The van der Waals surface area contributed by atoms with Crippen molar-refractivity contribution in [1.29, 1.82) is 0 Å². The zero-order chi connectivity index (χ0) is 19.2. The van der Waals surface area contributed by atoms with E-state index in [0.29, 0.717) is 31.5 Å². The fraction of sp³-hybridized carbons (Fsp3) is 0.474. The van der Waals surface area contributed by atoms with E-state index in [4.69, 9.17) is 0 Å². The molecule has 1 spiro atoms. The van der Waals surface area contributed by atoms with Crippen LogP contribution in [0.1, 0.15) is 30.4 Å². The summed E-state index contributed by atoms with van der Waals surface area (Å²) in [5.74, 6) is -0.489. The molecule has 142 valence electrons. The first kappa shape index (κ1) is 17.5. The highest BCUT2D eigenvalue weighted by Crippen LogP contribution is 2.38. The number of urea groups is 1. The van der Waals surface area contributed by atoms with Gasteiger partial charge in [0.15, 0.2) is 0 Å². The Labute approximate surface area is 156 Å². The van der Waals surface area contributed by atoms with Gasteiger partial charge in [-0.1, -0.05) is 6.07 Å². The first-order chi connectivity index (χ1) is 12.9. The third-order valence-corrected chi connectivity index (χ3v) is 5.80. The second-order valence-corrected chi connectivity index (χ2v) is 7.51. The number of fused-ring (bicyclic) bond motifs is 1. The Morgan fingerprint density at radius 1 is 1.19 bits per heavy atom. The number of carbonyl (C=O) groups excluding carboxylic acids is 4. The molecule has 2 N–H and O–H groups in total.